The number of benzene rings is 2. The summed E-state index contributed by atoms with van der Waals surface area (Å²) >= 11 is 0. The maximum absolute atomic E-state index is 12.4. The van der Waals surface area contributed by atoms with Crippen LogP contribution >= 0.6 is 0 Å². The zero-order valence-electron chi connectivity index (χ0n) is 15.8. The number of hydrogen-bond acceptors (Lipinski definition) is 4. The van der Waals surface area contributed by atoms with Gasteiger partial charge in [0, 0.05) is 27.8 Å². The summed E-state index contributed by atoms with van der Waals surface area (Å²) in [6.45, 7) is 5.44. The molecule has 144 valence electrons. The van der Waals surface area contributed by atoms with Crippen molar-refractivity contribution in [3.63, 3.8) is 0 Å². The lowest BCUT2D eigenvalue weighted by molar-refractivity contribution is -0.123. The Hall–Kier alpha value is -3.61. The summed E-state index contributed by atoms with van der Waals surface area (Å²) in [6.07, 6.45) is -0.993. The van der Waals surface area contributed by atoms with E-state index in [0.29, 0.717) is 16.8 Å². The Balaban J connectivity index is 1.67. The molecule has 0 fully saturated rings. The van der Waals surface area contributed by atoms with E-state index in [2.05, 4.69) is 10.3 Å². The average Bonchev–Trinajstić information content (AvgIpc) is 2.95. The van der Waals surface area contributed by atoms with E-state index in [1.165, 1.54) is 19.1 Å². The molecule has 3 aromatic rings. The van der Waals surface area contributed by atoms with E-state index in [9.17, 15) is 14.4 Å². The molecule has 3 rings (SSSR count). The van der Waals surface area contributed by atoms with Crippen LogP contribution < -0.4 is 11.1 Å². The number of aromatic amines is 1. The number of carbonyl (C=O) groups is 3. The number of primary amides is 1. The highest BCUT2D eigenvalue weighted by Gasteiger charge is 2.20. The van der Waals surface area contributed by atoms with Gasteiger partial charge < -0.3 is 20.8 Å². The fourth-order valence-electron chi connectivity index (χ4n) is 2.83. The molecule has 7 heteroatoms. The Morgan fingerprint density at radius 3 is 2.32 bits per heavy atom. The number of nitrogens with two attached hydrogens (primary N) is 1. The van der Waals surface area contributed by atoms with Crippen molar-refractivity contribution in [2.24, 2.45) is 5.73 Å². The highest BCUT2D eigenvalue weighted by Crippen LogP contribution is 2.23. The molecule has 2 amide bonds. The highest BCUT2D eigenvalue weighted by atomic mass is 16.5. The first-order valence-electron chi connectivity index (χ1n) is 8.77. The average molecular weight is 379 g/mol. The third kappa shape index (κ3) is 3.88. The highest BCUT2D eigenvalue weighted by molar-refractivity contribution is 6.00. The number of amides is 2. The van der Waals surface area contributed by atoms with Crippen molar-refractivity contribution < 1.29 is 19.1 Å². The van der Waals surface area contributed by atoms with Crippen LogP contribution in [0.1, 0.15) is 38.9 Å². The van der Waals surface area contributed by atoms with Crippen molar-refractivity contribution >= 4 is 34.4 Å². The van der Waals surface area contributed by atoms with Crippen LogP contribution in [0.5, 0.6) is 0 Å². The van der Waals surface area contributed by atoms with Gasteiger partial charge in [-0.3, -0.25) is 9.59 Å². The molecule has 1 heterocycles. The molecule has 1 atom stereocenters. The molecule has 7 nitrogen and oxygen atoms in total. The molecule has 0 saturated heterocycles. The SMILES string of the molecule is Cc1[nH]c2ccc(C(=O)O[C@@H](C)C(=O)Nc3ccc(C(N)=O)cc3)cc2c1C. The van der Waals surface area contributed by atoms with Crippen LogP contribution in [0.25, 0.3) is 10.9 Å². The van der Waals surface area contributed by atoms with E-state index in [1.807, 2.05) is 19.9 Å². The third-order valence-electron chi connectivity index (χ3n) is 4.63. The summed E-state index contributed by atoms with van der Waals surface area (Å²) < 4.78 is 5.29. The van der Waals surface area contributed by atoms with Crippen molar-refractivity contribution in [2.75, 3.05) is 5.32 Å². The normalized spacial score (nSPS) is 11.8. The van der Waals surface area contributed by atoms with Crippen molar-refractivity contribution in [2.45, 2.75) is 26.9 Å². The number of rotatable bonds is 5. The zero-order chi connectivity index (χ0) is 20.4. The van der Waals surface area contributed by atoms with Gasteiger partial charge in [0.1, 0.15) is 0 Å². The molecule has 2 aromatic carbocycles. The second-order valence-electron chi connectivity index (χ2n) is 6.61. The Kier molecular flexibility index (Phi) is 5.17. The Labute approximate surface area is 161 Å². The van der Waals surface area contributed by atoms with Gasteiger partial charge in [0.05, 0.1) is 5.56 Å². The minimum absolute atomic E-state index is 0.336. The standard InChI is InChI=1S/C21H21N3O4/c1-11-12(2)23-18-9-6-15(10-17(11)18)21(27)28-13(3)20(26)24-16-7-4-14(5-8-16)19(22)25/h4-10,13,23H,1-3H3,(H2,22,25)(H,24,26)/t13-/m0/s1. The topological polar surface area (TPSA) is 114 Å². The van der Waals surface area contributed by atoms with Crippen LogP contribution in [0.3, 0.4) is 0 Å². The molecule has 0 spiro atoms. The molecule has 0 aliphatic rings. The van der Waals surface area contributed by atoms with Crippen LogP contribution in [0.15, 0.2) is 42.5 Å². The number of carbonyl (C=O) groups excluding carboxylic acids is 3. The van der Waals surface area contributed by atoms with E-state index in [1.54, 1.807) is 24.3 Å². The van der Waals surface area contributed by atoms with Gasteiger partial charge in [0.15, 0.2) is 6.10 Å². The van der Waals surface area contributed by atoms with Gasteiger partial charge in [-0.25, -0.2) is 4.79 Å². The van der Waals surface area contributed by atoms with E-state index in [0.717, 1.165) is 22.2 Å². The summed E-state index contributed by atoms with van der Waals surface area (Å²) in [5, 5.41) is 3.58. The largest absolute Gasteiger partial charge is 0.449 e. The molecule has 0 saturated carbocycles. The smallest absolute Gasteiger partial charge is 0.338 e. The summed E-state index contributed by atoms with van der Waals surface area (Å²) in [4.78, 5) is 39.0. The van der Waals surface area contributed by atoms with Crippen molar-refractivity contribution in [3.05, 3.63) is 64.8 Å². The molecule has 1 aromatic heterocycles. The first-order valence-corrected chi connectivity index (χ1v) is 8.77. The number of aryl methyl sites for hydroxylation is 2. The maximum Gasteiger partial charge on any atom is 0.338 e. The molecule has 0 radical (unpaired) electrons. The van der Waals surface area contributed by atoms with Gasteiger partial charge in [0.2, 0.25) is 5.91 Å². The van der Waals surface area contributed by atoms with E-state index < -0.39 is 23.9 Å². The molecule has 0 bridgehead atoms. The molecule has 0 aliphatic heterocycles. The van der Waals surface area contributed by atoms with Crippen molar-refractivity contribution in [3.8, 4) is 0 Å². The monoisotopic (exact) mass is 379 g/mol. The van der Waals surface area contributed by atoms with Gasteiger partial charge in [-0.15, -0.1) is 0 Å². The molecular weight excluding hydrogens is 358 g/mol. The Morgan fingerprint density at radius 1 is 1.04 bits per heavy atom. The van der Waals surface area contributed by atoms with Crippen LogP contribution in [0.2, 0.25) is 0 Å². The van der Waals surface area contributed by atoms with Crippen molar-refractivity contribution in [1.29, 1.82) is 0 Å². The van der Waals surface area contributed by atoms with Gasteiger partial charge in [-0.05, 0) is 68.8 Å². The summed E-state index contributed by atoms with van der Waals surface area (Å²) in [6, 6.07) is 11.3. The predicted octanol–water partition coefficient (Wildman–Crippen LogP) is 3.07. The fraction of sp³-hybridized carbons (Fsp3) is 0.190. The number of anilines is 1. The number of nitrogens with one attached hydrogen (secondary N) is 2. The van der Waals surface area contributed by atoms with E-state index in [-0.39, 0.29) is 0 Å². The van der Waals surface area contributed by atoms with Gasteiger partial charge in [-0.1, -0.05) is 0 Å². The van der Waals surface area contributed by atoms with Gasteiger partial charge in [0.25, 0.3) is 5.91 Å². The summed E-state index contributed by atoms with van der Waals surface area (Å²) in [5.74, 6) is -1.60. The third-order valence-corrected chi connectivity index (χ3v) is 4.63. The van der Waals surface area contributed by atoms with Crippen LogP contribution in [0, 0.1) is 13.8 Å². The Morgan fingerprint density at radius 2 is 1.68 bits per heavy atom. The second-order valence-corrected chi connectivity index (χ2v) is 6.61. The predicted molar refractivity (Wildman–Crippen MR) is 106 cm³/mol. The molecule has 0 unspecified atom stereocenters. The number of hydrogen-bond donors (Lipinski definition) is 3. The van der Waals surface area contributed by atoms with Crippen LogP contribution in [0.4, 0.5) is 5.69 Å². The van der Waals surface area contributed by atoms with Crippen molar-refractivity contribution in [1.82, 2.24) is 4.98 Å². The lowest BCUT2D eigenvalue weighted by Gasteiger charge is -2.14. The molecule has 4 N–H and O–H groups in total. The number of ether oxygens (including phenoxy) is 1. The molecule has 0 aliphatic carbocycles. The van der Waals surface area contributed by atoms with E-state index in [4.69, 9.17) is 10.5 Å². The minimum Gasteiger partial charge on any atom is -0.449 e. The maximum atomic E-state index is 12.4. The number of H-pyrrole nitrogens is 1. The van der Waals surface area contributed by atoms with E-state index >= 15 is 0 Å². The lowest BCUT2D eigenvalue weighted by Crippen LogP contribution is -2.30. The molecular formula is C21H21N3O4. The zero-order valence-corrected chi connectivity index (χ0v) is 15.8. The number of esters is 1. The van der Waals surface area contributed by atoms with Crippen LogP contribution in [-0.2, 0) is 9.53 Å². The van der Waals surface area contributed by atoms with Gasteiger partial charge >= 0.3 is 5.97 Å². The Bertz CT molecular complexity index is 1070. The first kappa shape index (κ1) is 19.2. The number of aromatic nitrogens is 1. The summed E-state index contributed by atoms with van der Waals surface area (Å²) in [7, 11) is 0. The fourth-order valence-corrected chi connectivity index (χ4v) is 2.83. The second kappa shape index (κ2) is 7.56. The minimum atomic E-state index is -0.993. The summed E-state index contributed by atoms with van der Waals surface area (Å²) in [5.41, 5.74) is 9.41. The number of fused-ring (bicyclic) bond motifs is 1. The lowest BCUT2D eigenvalue weighted by atomic mass is 10.1. The quantitative estimate of drug-likeness (QED) is 0.591. The van der Waals surface area contributed by atoms with Gasteiger partial charge in [-0.2, -0.15) is 0 Å². The van der Waals surface area contributed by atoms with Crippen LogP contribution in [-0.4, -0.2) is 28.9 Å². The molecule has 28 heavy (non-hydrogen) atoms. The first-order chi connectivity index (χ1) is 13.3.